The fourth-order valence-corrected chi connectivity index (χ4v) is 2.92. The first kappa shape index (κ1) is 19.8. The average Bonchev–Trinajstić information content (AvgIpc) is 2.51. The van der Waals surface area contributed by atoms with Crippen LogP contribution in [0, 0.1) is 0 Å². The Morgan fingerprint density at radius 2 is 1.78 bits per heavy atom. The maximum absolute atomic E-state index is 5.99. The summed E-state index contributed by atoms with van der Waals surface area (Å²) in [6, 6.07) is 6.86. The molecule has 0 fully saturated rings. The van der Waals surface area contributed by atoms with E-state index in [2.05, 4.69) is 71.9 Å². The first-order chi connectivity index (χ1) is 10.9. The summed E-state index contributed by atoms with van der Waals surface area (Å²) in [5, 5.41) is 0. The second-order valence-corrected chi connectivity index (χ2v) is 7.46. The van der Waals surface area contributed by atoms with Crippen molar-refractivity contribution in [2.24, 2.45) is 0 Å². The van der Waals surface area contributed by atoms with Crippen molar-refractivity contribution in [2.75, 3.05) is 6.61 Å². The zero-order valence-electron chi connectivity index (χ0n) is 16.1. The lowest BCUT2D eigenvalue weighted by atomic mass is 9.82. The van der Waals surface area contributed by atoms with Gasteiger partial charge in [-0.1, -0.05) is 72.2 Å². The topological polar surface area (TPSA) is 9.23 Å². The highest BCUT2D eigenvalue weighted by Gasteiger charge is 2.21. The van der Waals surface area contributed by atoms with Gasteiger partial charge in [0, 0.05) is 0 Å². The van der Waals surface area contributed by atoms with E-state index in [1.165, 1.54) is 24.0 Å². The summed E-state index contributed by atoms with van der Waals surface area (Å²) in [5.74, 6) is 1.67. The van der Waals surface area contributed by atoms with Crippen LogP contribution in [-0.2, 0) is 5.41 Å². The average molecular weight is 317 g/mol. The molecule has 0 spiro atoms. The van der Waals surface area contributed by atoms with E-state index in [9.17, 15) is 0 Å². The fraction of sp³-hybridized carbons (Fsp3) is 0.636. The lowest BCUT2D eigenvalue weighted by molar-refractivity contribution is 0.308. The third-order valence-corrected chi connectivity index (χ3v) is 4.20. The molecular formula is C22H36O. The molecule has 1 rings (SSSR count). The van der Waals surface area contributed by atoms with Crippen LogP contribution >= 0.6 is 0 Å². The smallest absolute Gasteiger partial charge is 0.123 e. The monoisotopic (exact) mass is 316 g/mol. The first-order valence-electron chi connectivity index (χ1n) is 9.36. The molecule has 0 heterocycles. The van der Waals surface area contributed by atoms with Gasteiger partial charge in [-0.05, 0) is 54.2 Å². The molecule has 1 heteroatoms. The third-order valence-electron chi connectivity index (χ3n) is 4.20. The molecule has 0 aliphatic rings. The Kier molecular flexibility index (Phi) is 8.44. The molecule has 0 N–H and O–H groups in total. The van der Waals surface area contributed by atoms with E-state index in [1.807, 2.05) is 0 Å². The zero-order valence-corrected chi connectivity index (χ0v) is 16.1. The summed E-state index contributed by atoms with van der Waals surface area (Å²) in [7, 11) is 0. The van der Waals surface area contributed by atoms with Crippen LogP contribution in [0.3, 0.4) is 0 Å². The number of allylic oxidation sites excluding steroid dienone is 2. The molecular weight excluding hydrogens is 280 g/mol. The Hall–Kier alpha value is -1.24. The van der Waals surface area contributed by atoms with Crippen LogP contribution in [0.5, 0.6) is 5.75 Å². The van der Waals surface area contributed by atoms with Crippen molar-refractivity contribution < 1.29 is 4.74 Å². The number of hydrogen-bond acceptors (Lipinski definition) is 1. The summed E-state index contributed by atoms with van der Waals surface area (Å²) in [6.07, 6.45) is 10.4. The SMILES string of the molecule is CC/C=C\CC(CCC)c1ccc(OCCC)c(C(C)(C)C)c1. The molecule has 0 radical (unpaired) electrons. The molecule has 1 aromatic carbocycles. The standard InChI is InChI=1S/C22H36O/c1-7-10-11-13-18(12-8-2)19-14-15-21(23-16-9-3)20(17-19)22(4,5)6/h10-11,14-15,17-18H,7-9,12-13,16H2,1-6H3/b11-10-. The maximum Gasteiger partial charge on any atom is 0.123 e. The summed E-state index contributed by atoms with van der Waals surface area (Å²) >= 11 is 0. The molecule has 0 aliphatic carbocycles. The molecule has 1 aromatic rings. The van der Waals surface area contributed by atoms with Crippen LogP contribution < -0.4 is 4.74 Å². The lowest BCUT2D eigenvalue weighted by Crippen LogP contribution is -2.15. The summed E-state index contributed by atoms with van der Waals surface area (Å²) in [5.41, 5.74) is 2.90. The minimum Gasteiger partial charge on any atom is -0.493 e. The third kappa shape index (κ3) is 6.41. The zero-order chi connectivity index (χ0) is 17.3. The number of ether oxygens (including phenoxy) is 1. The van der Waals surface area contributed by atoms with Crippen molar-refractivity contribution in [2.45, 2.75) is 85.0 Å². The number of hydrogen-bond donors (Lipinski definition) is 0. The minimum atomic E-state index is 0.106. The van der Waals surface area contributed by atoms with Crippen LogP contribution in [0.1, 0.15) is 90.7 Å². The molecule has 0 saturated heterocycles. The van der Waals surface area contributed by atoms with Gasteiger partial charge in [0.1, 0.15) is 5.75 Å². The van der Waals surface area contributed by atoms with E-state index in [4.69, 9.17) is 4.74 Å². The van der Waals surface area contributed by atoms with Gasteiger partial charge in [-0.3, -0.25) is 0 Å². The number of rotatable bonds is 9. The Balaban J connectivity index is 3.11. The maximum atomic E-state index is 5.99. The van der Waals surface area contributed by atoms with Gasteiger partial charge in [-0.25, -0.2) is 0 Å². The van der Waals surface area contributed by atoms with Crippen LogP contribution in [0.25, 0.3) is 0 Å². The Bertz CT molecular complexity index is 479. The van der Waals surface area contributed by atoms with Gasteiger partial charge in [-0.15, -0.1) is 0 Å². The van der Waals surface area contributed by atoms with Crippen LogP contribution in [0.4, 0.5) is 0 Å². The Morgan fingerprint density at radius 1 is 1.04 bits per heavy atom. The number of benzene rings is 1. The highest BCUT2D eigenvalue weighted by Crippen LogP contribution is 2.36. The minimum absolute atomic E-state index is 0.106. The molecule has 1 unspecified atom stereocenters. The van der Waals surface area contributed by atoms with E-state index >= 15 is 0 Å². The highest BCUT2D eigenvalue weighted by molar-refractivity contribution is 5.43. The van der Waals surface area contributed by atoms with Crippen molar-refractivity contribution >= 4 is 0 Å². The Morgan fingerprint density at radius 3 is 2.35 bits per heavy atom. The van der Waals surface area contributed by atoms with E-state index < -0.39 is 0 Å². The summed E-state index contributed by atoms with van der Waals surface area (Å²) in [4.78, 5) is 0. The molecule has 0 bridgehead atoms. The van der Waals surface area contributed by atoms with Gasteiger partial charge in [0.25, 0.3) is 0 Å². The van der Waals surface area contributed by atoms with Gasteiger partial charge >= 0.3 is 0 Å². The van der Waals surface area contributed by atoms with Gasteiger partial charge in [0.15, 0.2) is 0 Å². The fourth-order valence-electron chi connectivity index (χ4n) is 2.92. The largest absolute Gasteiger partial charge is 0.493 e. The normalized spacial score (nSPS) is 13.5. The molecule has 0 saturated carbocycles. The van der Waals surface area contributed by atoms with E-state index in [1.54, 1.807) is 0 Å². The van der Waals surface area contributed by atoms with Crippen LogP contribution in [-0.4, -0.2) is 6.61 Å². The van der Waals surface area contributed by atoms with Crippen molar-refractivity contribution in [3.8, 4) is 5.75 Å². The van der Waals surface area contributed by atoms with E-state index in [-0.39, 0.29) is 5.41 Å². The van der Waals surface area contributed by atoms with E-state index in [0.717, 1.165) is 31.6 Å². The molecule has 130 valence electrons. The van der Waals surface area contributed by atoms with Crippen LogP contribution in [0.2, 0.25) is 0 Å². The van der Waals surface area contributed by atoms with Crippen molar-refractivity contribution in [1.82, 2.24) is 0 Å². The van der Waals surface area contributed by atoms with E-state index in [0.29, 0.717) is 5.92 Å². The molecule has 0 amide bonds. The molecule has 1 nitrogen and oxygen atoms in total. The summed E-state index contributed by atoms with van der Waals surface area (Å²) < 4.78 is 5.99. The molecule has 0 aliphatic heterocycles. The van der Waals surface area contributed by atoms with Crippen molar-refractivity contribution in [1.29, 1.82) is 0 Å². The molecule has 0 aromatic heterocycles. The molecule has 23 heavy (non-hydrogen) atoms. The quantitative estimate of drug-likeness (QED) is 0.445. The van der Waals surface area contributed by atoms with Gasteiger partial charge in [0.05, 0.1) is 6.61 Å². The van der Waals surface area contributed by atoms with Crippen molar-refractivity contribution in [3.63, 3.8) is 0 Å². The van der Waals surface area contributed by atoms with Gasteiger partial charge in [0.2, 0.25) is 0 Å². The first-order valence-corrected chi connectivity index (χ1v) is 9.36. The predicted octanol–water partition coefficient (Wildman–Crippen LogP) is 7.01. The highest BCUT2D eigenvalue weighted by atomic mass is 16.5. The van der Waals surface area contributed by atoms with Gasteiger partial charge in [-0.2, -0.15) is 0 Å². The molecule has 1 atom stereocenters. The summed E-state index contributed by atoms with van der Waals surface area (Å²) in [6.45, 7) is 14.2. The lowest BCUT2D eigenvalue weighted by Gasteiger charge is -2.25. The second kappa shape index (κ2) is 9.80. The van der Waals surface area contributed by atoms with Crippen LogP contribution in [0.15, 0.2) is 30.4 Å². The van der Waals surface area contributed by atoms with Gasteiger partial charge < -0.3 is 4.74 Å². The Labute approximate surface area is 144 Å². The second-order valence-electron chi connectivity index (χ2n) is 7.46. The predicted molar refractivity (Wildman–Crippen MR) is 103 cm³/mol. The van der Waals surface area contributed by atoms with Crippen molar-refractivity contribution in [3.05, 3.63) is 41.5 Å².